The van der Waals surface area contributed by atoms with Crippen molar-refractivity contribution in [2.45, 2.75) is 38.3 Å². The van der Waals surface area contributed by atoms with E-state index in [0.717, 1.165) is 12.1 Å². The number of alkyl halides is 3. The first-order chi connectivity index (χ1) is 9.64. The largest absolute Gasteiger partial charge is 0.478 e. The Labute approximate surface area is 121 Å². The Hall–Kier alpha value is -1.78. The van der Waals surface area contributed by atoms with Gasteiger partial charge >= 0.3 is 12.1 Å². The molecule has 0 heterocycles. The molecule has 0 fully saturated rings. The maximum atomic E-state index is 12.9. The molecule has 1 aliphatic carbocycles. The number of rotatable bonds is 2. The van der Waals surface area contributed by atoms with Gasteiger partial charge in [-0.3, -0.25) is 0 Å². The van der Waals surface area contributed by atoms with Crippen LogP contribution in [0, 0.1) is 5.92 Å². The number of hydrogen-bond acceptors (Lipinski definition) is 1. The number of hydrogen-bond donors (Lipinski definition) is 1. The summed E-state index contributed by atoms with van der Waals surface area (Å²) in [6, 6.07) is 4.98. The van der Waals surface area contributed by atoms with Gasteiger partial charge in [-0.05, 0) is 30.4 Å². The van der Waals surface area contributed by atoms with E-state index in [-0.39, 0.29) is 11.5 Å². The average Bonchev–Trinajstić information content (AvgIpc) is 2.37. The molecule has 2 rings (SSSR count). The number of benzene rings is 1. The summed E-state index contributed by atoms with van der Waals surface area (Å²) in [5.74, 6) is -0.838. The Morgan fingerprint density at radius 1 is 1.38 bits per heavy atom. The molecule has 0 aromatic heterocycles. The highest BCUT2D eigenvalue weighted by molar-refractivity contribution is 5.90. The number of carboxylic acids is 1. The third-order valence-electron chi connectivity index (χ3n) is 4.13. The van der Waals surface area contributed by atoms with Crippen LogP contribution in [-0.2, 0) is 16.4 Å². The van der Waals surface area contributed by atoms with Crippen molar-refractivity contribution >= 4 is 5.97 Å². The van der Waals surface area contributed by atoms with E-state index in [4.69, 9.17) is 0 Å². The lowest BCUT2D eigenvalue weighted by Gasteiger charge is -2.37. The molecule has 2 atom stereocenters. The summed E-state index contributed by atoms with van der Waals surface area (Å²) in [4.78, 5) is 11.4. The zero-order chi connectivity index (χ0) is 15.8. The Morgan fingerprint density at radius 3 is 2.62 bits per heavy atom. The second-order valence-electron chi connectivity index (χ2n) is 5.88. The molecule has 1 aromatic carbocycles. The first-order valence-electron chi connectivity index (χ1n) is 6.76. The lowest BCUT2D eigenvalue weighted by Crippen LogP contribution is -2.34. The standard InChI is InChI=1S/C16H17F3O2/c1-10-6-7-13(14(20)21)15(2,9-10)11-4-3-5-12(8-11)16(17,18)19/h3-5,7-8,10H,6,9H2,1-2H3,(H,20,21). The third kappa shape index (κ3) is 2.96. The van der Waals surface area contributed by atoms with E-state index >= 15 is 0 Å². The fourth-order valence-corrected chi connectivity index (χ4v) is 3.07. The SMILES string of the molecule is CC1CC=C(C(=O)O)C(C)(c2cccc(C(F)(F)F)c2)C1. The molecule has 0 bridgehead atoms. The van der Waals surface area contributed by atoms with Gasteiger partial charge in [-0.2, -0.15) is 13.2 Å². The highest BCUT2D eigenvalue weighted by atomic mass is 19.4. The number of aliphatic carboxylic acids is 1. The molecule has 1 aliphatic rings. The van der Waals surface area contributed by atoms with Crippen LogP contribution in [0.4, 0.5) is 13.2 Å². The lowest BCUT2D eigenvalue weighted by atomic mass is 9.66. The molecule has 5 heteroatoms. The maximum absolute atomic E-state index is 12.9. The number of carboxylic acid groups (broad SMARTS) is 1. The van der Waals surface area contributed by atoms with Crippen LogP contribution in [-0.4, -0.2) is 11.1 Å². The van der Waals surface area contributed by atoms with Crippen LogP contribution in [0.15, 0.2) is 35.9 Å². The van der Waals surface area contributed by atoms with Crippen LogP contribution in [0.1, 0.15) is 37.8 Å². The van der Waals surface area contributed by atoms with Crippen LogP contribution < -0.4 is 0 Å². The van der Waals surface area contributed by atoms with Crippen molar-refractivity contribution in [3.05, 3.63) is 47.0 Å². The molecular formula is C16H17F3O2. The highest BCUT2D eigenvalue weighted by Crippen LogP contribution is 2.44. The molecule has 114 valence electrons. The van der Waals surface area contributed by atoms with Gasteiger partial charge in [0.15, 0.2) is 0 Å². The molecule has 21 heavy (non-hydrogen) atoms. The van der Waals surface area contributed by atoms with Gasteiger partial charge in [0.2, 0.25) is 0 Å². The van der Waals surface area contributed by atoms with Crippen LogP contribution in [0.25, 0.3) is 0 Å². The smallest absolute Gasteiger partial charge is 0.416 e. The van der Waals surface area contributed by atoms with Crippen molar-refractivity contribution in [1.29, 1.82) is 0 Å². The molecule has 0 aliphatic heterocycles. The van der Waals surface area contributed by atoms with E-state index in [2.05, 4.69) is 0 Å². The summed E-state index contributed by atoms with van der Waals surface area (Å²) in [6.07, 6.45) is -1.64. The second kappa shape index (κ2) is 5.20. The number of carbonyl (C=O) groups is 1. The van der Waals surface area contributed by atoms with Crippen LogP contribution >= 0.6 is 0 Å². The number of halogens is 3. The van der Waals surface area contributed by atoms with Gasteiger partial charge in [0, 0.05) is 11.0 Å². The minimum Gasteiger partial charge on any atom is -0.478 e. The van der Waals surface area contributed by atoms with Crippen molar-refractivity contribution in [3.63, 3.8) is 0 Å². The van der Waals surface area contributed by atoms with E-state index < -0.39 is 23.1 Å². The molecule has 1 N–H and O–H groups in total. The van der Waals surface area contributed by atoms with Gasteiger partial charge in [0.25, 0.3) is 0 Å². The van der Waals surface area contributed by atoms with E-state index in [9.17, 15) is 23.1 Å². The Balaban J connectivity index is 2.54. The molecule has 0 spiro atoms. The Kier molecular flexibility index (Phi) is 3.87. The predicted molar refractivity (Wildman–Crippen MR) is 72.9 cm³/mol. The summed E-state index contributed by atoms with van der Waals surface area (Å²) >= 11 is 0. The zero-order valence-corrected chi connectivity index (χ0v) is 11.9. The Bertz CT molecular complexity index is 589. The molecule has 0 amide bonds. The minimum absolute atomic E-state index is 0.180. The van der Waals surface area contributed by atoms with Gasteiger partial charge in [-0.1, -0.05) is 38.1 Å². The predicted octanol–water partition coefficient (Wildman–Crippen LogP) is 4.40. The topological polar surface area (TPSA) is 37.3 Å². The monoisotopic (exact) mass is 298 g/mol. The molecule has 0 radical (unpaired) electrons. The number of allylic oxidation sites excluding steroid dienone is 1. The normalized spacial score (nSPS) is 26.3. The zero-order valence-electron chi connectivity index (χ0n) is 11.9. The van der Waals surface area contributed by atoms with Gasteiger partial charge in [-0.25, -0.2) is 4.79 Å². The highest BCUT2D eigenvalue weighted by Gasteiger charge is 2.40. The molecule has 2 unspecified atom stereocenters. The molecule has 0 saturated heterocycles. The Morgan fingerprint density at radius 2 is 2.05 bits per heavy atom. The van der Waals surface area contributed by atoms with Crippen molar-refractivity contribution in [2.75, 3.05) is 0 Å². The maximum Gasteiger partial charge on any atom is 0.416 e. The van der Waals surface area contributed by atoms with Gasteiger partial charge in [0.1, 0.15) is 0 Å². The molecule has 0 saturated carbocycles. The van der Waals surface area contributed by atoms with E-state index in [1.54, 1.807) is 19.1 Å². The van der Waals surface area contributed by atoms with Gasteiger partial charge in [-0.15, -0.1) is 0 Å². The first kappa shape index (κ1) is 15.6. The van der Waals surface area contributed by atoms with E-state index in [1.165, 1.54) is 6.07 Å². The van der Waals surface area contributed by atoms with Crippen LogP contribution in [0.3, 0.4) is 0 Å². The second-order valence-corrected chi connectivity index (χ2v) is 5.88. The average molecular weight is 298 g/mol. The van der Waals surface area contributed by atoms with E-state index in [0.29, 0.717) is 18.4 Å². The lowest BCUT2D eigenvalue weighted by molar-refractivity contribution is -0.137. The van der Waals surface area contributed by atoms with Gasteiger partial charge in [0.05, 0.1) is 5.56 Å². The van der Waals surface area contributed by atoms with Crippen LogP contribution in [0.5, 0.6) is 0 Å². The summed E-state index contributed by atoms with van der Waals surface area (Å²) in [5.41, 5.74) is -1.06. The van der Waals surface area contributed by atoms with Gasteiger partial charge < -0.3 is 5.11 Å². The van der Waals surface area contributed by atoms with Crippen molar-refractivity contribution in [2.24, 2.45) is 5.92 Å². The van der Waals surface area contributed by atoms with Crippen molar-refractivity contribution < 1.29 is 23.1 Å². The summed E-state index contributed by atoms with van der Waals surface area (Å²) in [7, 11) is 0. The van der Waals surface area contributed by atoms with Crippen molar-refractivity contribution in [3.8, 4) is 0 Å². The fourth-order valence-electron chi connectivity index (χ4n) is 3.07. The van der Waals surface area contributed by atoms with Crippen LogP contribution in [0.2, 0.25) is 0 Å². The molecular weight excluding hydrogens is 281 g/mol. The van der Waals surface area contributed by atoms with Crippen molar-refractivity contribution in [1.82, 2.24) is 0 Å². The third-order valence-corrected chi connectivity index (χ3v) is 4.13. The quantitative estimate of drug-likeness (QED) is 0.878. The fraction of sp³-hybridized carbons (Fsp3) is 0.438. The first-order valence-corrected chi connectivity index (χ1v) is 6.76. The van der Waals surface area contributed by atoms with E-state index in [1.807, 2.05) is 6.92 Å². The summed E-state index contributed by atoms with van der Waals surface area (Å²) in [5, 5.41) is 9.36. The minimum atomic E-state index is -4.43. The summed E-state index contributed by atoms with van der Waals surface area (Å²) in [6.45, 7) is 3.68. The summed E-state index contributed by atoms with van der Waals surface area (Å²) < 4.78 is 38.6. The molecule has 1 aromatic rings. The molecule has 2 nitrogen and oxygen atoms in total.